The van der Waals surface area contributed by atoms with Gasteiger partial charge in [0.15, 0.2) is 0 Å². The summed E-state index contributed by atoms with van der Waals surface area (Å²) in [4.78, 5) is 4.43. The first-order chi connectivity index (χ1) is 8.03. The van der Waals surface area contributed by atoms with Crippen LogP contribution in [0.1, 0.15) is 43.9 Å². The quantitative estimate of drug-likeness (QED) is 0.851. The van der Waals surface area contributed by atoms with Crippen LogP contribution in [0, 0.1) is 5.41 Å². The van der Waals surface area contributed by atoms with Gasteiger partial charge in [0.1, 0.15) is 5.60 Å². The Balaban J connectivity index is 1.76. The SMILES string of the molecule is CC(C)c1ccc(C2(O)CC3(COC3)C2)nc1. The molecule has 1 saturated carbocycles. The third-order valence-corrected chi connectivity index (χ3v) is 4.08. The summed E-state index contributed by atoms with van der Waals surface area (Å²) in [5.41, 5.74) is 1.59. The summed E-state index contributed by atoms with van der Waals surface area (Å²) in [5, 5.41) is 10.5. The lowest BCUT2D eigenvalue weighted by Gasteiger charge is -2.57. The van der Waals surface area contributed by atoms with Crippen LogP contribution in [0.25, 0.3) is 0 Å². The molecule has 0 unspecified atom stereocenters. The Bertz CT molecular complexity index is 412. The maximum absolute atomic E-state index is 10.5. The molecule has 3 rings (SSSR count). The van der Waals surface area contributed by atoms with Gasteiger partial charge in [-0.3, -0.25) is 4.98 Å². The monoisotopic (exact) mass is 233 g/mol. The molecule has 92 valence electrons. The number of aliphatic hydroxyl groups is 1. The van der Waals surface area contributed by atoms with Crippen LogP contribution < -0.4 is 0 Å². The molecule has 1 spiro atoms. The van der Waals surface area contributed by atoms with Gasteiger partial charge in [0.2, 0.25) is 0 Å². The highest BCUT2D eigenvalue weighted by atomic mass is 16.5. The average Bonchev–Trinajstić information content (AvgIpc) is 2.22. The number of hydrogen-bond acceptors (Lipinski definition) is 3. The second-order valence-corrected chi connectivity index (χ2v) is 6.01. The van der Waals surface area contributed by atoms with E-state index in [4.69, 9.17) is 4.74 Å². The lowest BCUT2D eigenvalue weighted by molar-refractivity contribution is -0.246. The van der Waals surface area contributed by atoms with Gasteiger partial charge < -0.3 is 9.84 Å². The summed E-state index contributed by atoms with van der Waals surface area (Å²) >= 11 is 0. The molecule has 1 aromatic heterocycles. The number of ether oxygens (including phenoxy) is 1. The van der Waals surface area contributed by atoms with Gasteiger partial charge in [-0.25, -0.2) is 0 Å². The first-order valence-corrected chi connectivity index (χ1v) is 6.30. The van der Waals surface area contributed by atoms with E-state index in [0.29, 0.717) is 5.92 Å². The first kappa shape index (κ1) is 11.2. The molecule has 0 radical (unpaired) electrons. The molecule has 3 nitrogen and oxygen atoms in total. The van der Waals surface area contributed by atoms with Gasteiger partial charge in [0.05, 0.1) is 18.9 Å². The highest BCUT2D eigenvalue weighted by Crippen LogP contribution is 2.57. The van der Waals surface area contributed by atoms with E-state index in [0.717, 1.165) is 31.7 Å². The number of nitrogens with zero attached hydrogens (tertiary/aromatic N) is 1. The molecule has 1 aliphatic carbocycles. The van der Waals surface area contributed by atoms with Crippen LogP contribution in [0.15, 0.2) is 18.3 Å². The summed E-state index contributed by atoms with van der Waals surface area (Å²) < 4.78 is 5.23. The van der Waals surface area contributed by atoms with Crippen molar-refractivity contribution in [3.63, 3.8) is 0 Å². The first-order valence-electron chi connectivity index (χ1n) is 6.30. The predicted molar refractivity (Wildman–Crippen MR) is 64.7 cm³/mol. The Hall–Kier alpha value is -0.930. The summed E-state index contributed by atoms with van der Waals surface area (Å²) in [6.45, 7) is 5.91. The van der Waals surface area contributed by atoms with Crippen LogP contribution in [0.3, 0.4) is 0 Å². The van der Waals surface area contributed by atoms with Crippen molar-refractivity contribution in [2.45, 2.75) is 38.2 Å². The Morgan fingerprint density at radius 1 is 1.29 bits per heavy atom. The van der Waals surface area contributed by atoms with E-state index >= 15 is 0 Å². The zero-order valence-electron chi connectivity index (χ0n) is 10.4. The average molecular weight is 233 g/mol. The normalized spacial score (nSPS) is 24.5. The fourth-order valence-electron chi connectivity index (χ4n) is 2.99. The molecule has 1 saturated heterocycles. The van der Waals surface area contributed by atoms with Crippen LogP contribution in [0.4, 0.5) is 0 Å². The van der Waals surface area contributed by atoms with Crippen molar-refractivity contribution in [3.8, 4) is 0 Å². The van der Waals surface area contributed by atoms with Gasteiger partial charge in [-0.2, -0.15) is 0 Å². The van der Waals surface area contributed by atoms with Gasteiger partial charge >= 0.3 is 0 Å². The second kappa shape index (κ2) is 3.53. The molecule has 0 aromatic carbocycles. The fourth-order valence-corrected chi connectivity index (χ4v) is 2.99. The van der Waals surface area contributed by atoms with E-state index in [1.807, 2.05) is 12.3 Å². The van der Waals surface area contributed by atoms with Crippen molar-refractivity contribution in [2.75, 3.05) is 13.2 Å². The largest absolute Gasteiger partial charge is 0.384 e. The van der Waals surface area contributed by atoms with E-state index in [-0.39, 0.29) is 5.41 Å². The third kappa shape index (κ3) is 1.69. The molecule has 3 heteroatoms. The number of hydrogen-bond donors (Lipinski definition) is 1. The molecule has 0 bridgehead atoms. The maximum Gasteiger partial charge on any atom is 0.108 e. The van der Waals surface area contributed by atoms with E-state index in [1.165, 1.54) is 5.56 Å². The Kier molecular flexibility index (Phi) is 2.32. The molecule has 17 heavy (non-hydrogen) atoms. The van der Waals surface area contributed by atoms with Crippen molar-refractivity contribution < 1.29 is 9.84 Å². The van der Waals surface area contributed by atoms with Gasteiger partial charge in [-0.15, -0.1) is 0 Å². The molecular formula is C14H19NO2. The van der Waals surface area contributed by atoms with E-state index in [2.05, 4.69) is 24.9 Å². The summed E-state index contributed by atoms with van der Waals surface area (Å²) in [5.74, 6) is 0.485. The summed E-state index contributed by atoms with van der Waals surface area (Å²) in [6.07, 6.45) is 3.49. The fraction of sp³-hybridized carbons (Fsp3) is 0.643. The Morgan fingerprint density at radius 3 is 2.41 bits per heavy atom. The van der Waals surface area contributed by atoms with Gasteiger partial charge in [0, 0.05) is 11.6 Å². The van der Waals surface area contributed by atoms with Crippen molar-refractivity contribution in [3.05, 3.63) is 29.6 Å². The predicted octanol–water partition coefficient (Wildman–Crippen LogP) is 2.20. The summed E-state index contributed by atoms with van der Waals surface area (Å²) in [7, 11) is 0. The van der Waals surface area contributed by atoms with Crippen LogP contribution in [0.5, 0.6) is 0 Å². The molecule has 1 aromatic rings. The van der Waals surface area contributed by atoms with Crippen molar-refractivity contribution >= 4 is 0 Å². The second-order valence-electron chi connectivity index (χ2n) is 6.01. The Labute approximate surface area is 102 Å². The maximum atomic E-state index is 10.5. The minimum atomic E-state index is -0.709. The molecule has 2 aliphatic rings. The molecule has 1 N–H and O–H groups in total. The van der Waals surface area contributed by atoms with Crippen LogP contribution in [0.2, 0.25) is 0 Å². The molecule has 0 amide bonds. The highest BCUT2D eigenvalue weighted by Gasteiger charge is 2.59. The minimum absolute atomic E-state index is 0.257. The molecule has 0 atom stereocenters. The van der Waals surface area contributed by atoms with E-state index < -0.39 is 5.60 Å². The number of aromatic nitrogens is 1. The number of rotatable bonds is 2. The molecular weight excluding hydrogens is 214 g/mol. The van der Waals surface area contributed by atoms with Crippen molar-refractivity contribution in [1.29, 1.82) is 0 Å². The zero-order valence-corrected chi connectivity index (χ0v) is 10.4. The minimum Gasteiger partial charge on any atom is -0.384 e. The van der Waals surface area contributed by atoms with Crippen LogP contribution in [-0.4, -0.2) is 23.3 Å². The zero-order chi connectivity index (χ0) is 12.1. The summed E-state index contributed by atoms with van der Waals surface area (Å²) in [6, 6.07) is 4.05. The highest BCUT2D eigenvalue weighted by molar-refractivity contribution is 5.25. The van der Waals surface area contributed by atoms with E-state index in [9.17, 15) is 5.11 Å². The van der Waals surface area contributed by atoms with Crippen LogP contribution >= 0.6 is 0 Å². The van der Waals surface area contributed by atoms with Crippen molar-refractivity contribution in [1.82, 2.24) is 4.98 Å². The molecule has 2 heterocycles. The smallest absolute Gasteiger partial charge is 0.108 e. The lowest BCUT2D eigenvalue weighted by atomic mass is 9.57. The van der Waals surface area contributed by atoms with Gasteiger partial charge in [0.25, 0.3) is 0 Å². The standard InChI is InChI=1S/C14H19NO2/c1-10(2)11-3-4-12(15-5-11)14(16)6-13(7-14)8-17-9-13/h3-5,10,16H,6-9H2,1-2H3. The lowest BCUT2D eigenvalue weighted by Crippen LogP contribution is -2.59. The van der Waals surface area contributed by atoms with Crippen LogP contribution in [-0.2, 0) is 10.3 Å². The topological polar surface area (TPSA) is 42.4 Å². The van der Waals surface area contributed by atoms with E-state index in [1.54, 1.807) is 0 Å². The number of pyridine rings is 1. The Morgan fingerprint density at radius 2 is 2.00 bits per heavy atom. The van der Waals surface area contributed by atoms with Gasteiger partial charge in [-0.1, -0.05) is 19.9 Å². The third-order valence-electron chi connectivity index (χ3n) is 4.08. The molecule has 1 aliphatic heterocycles. The van der Waals surface area contributed by atoms with Crippen molar-refractivity contribution in [2.24, 2.45) is 5.41 Å². The van der Waals surface area contributed by atoms with Gasteiger partial charge in [-0.05, 0) is 30.4 Å². The molecule has 2 fully saturated rings.